The fourth-order valence-electron chi connectivity index (χ4n) is 2.43. The lowest BCUT2D eigenvalue weighted by Gasteiger charge is -2.45. The normalized spacial score (nSPS) is 21.0. The molecular formula is C14H32N4O2S. The van der Waals surface area contributed by atoms with Crippen molar-refractivity contribution in [2.45, 2.75) is 39.2 Å². The van der Waals surface area contributed by atoms with Crippen molar-refractivity contribution in [3.05, 3.63) is 0 Å². The minimum absolute atomic E-state index is 0.116. The Morgan fingerprint density at radius 1 is 1.24 bits per heavy atom. The number of rotatable bonds is 8. The highest BCUT2D eigenvalue weighted by Gasteiger charge is 2.37. The van der Waals surface area contributed by atoms with Crippen LogP contribution in [0, 0.1) is 0 Å². The maximum absolute atomic E-state index is 12.6. The molecule has 126 valence electrons. The van der Waals surface area contributed by atoms with Gasteiger partial charge in [-0.05, 0) is 46.8 Å². The van der Waals surface area contributed by atoms with E-state index in [1.54, 1.807) is 11.4 Å². The van der Waals surface area contributed by atoms with Crippen LogP contribution >= 0.6 is 0 Å². The van der Waals surface area contributed by atoms with Gasteiger partial charge in [0.25, 0.3) is 10.2 Å². The molecule has 7 heteroatoms. The van der Waals surface area contributed by atoms with Crippen LogP contribution in [0.3, 0.4) is 0 Å². The van der Waals surface area contributed by atoms with Gasteiger partial charge in [-0.1, -0.05) is 6.92 Å². The standard InChI is InChI=1S/C14H32N4O2S/c1-6-8-15-9-7-10-17(5)21(19,20)18-12-11-16(4)14(2,3)13-18/h15H,6-13H2,1-5H3. The van der Waals surface area contributed by atoms with Crippen LogP contribution in [-0.4, -0.2) is 80.8 Å². The highest BCUT2D eigenvalue weighted by molar-refractivity contribution is 7.86. The van der Waals surface area contributed by atoms with Gasteiger partial charge in [0, 0.05) is 38.8 Å². The molecule has 0 radical (unpaired) electrons. The van der Waals surface area contributed by atoms with Gasteiger partial charge < -0.3 is 5.32 Å². The Kier molecular flexibility index (Phi) is 7.06. The lowest BCUT2D eigenvalue weighted by molar-refractivity contribution is 0.0773. The van der Waals surface area contributed by atoms with Crippen LogP contribution < -0.4 is 5.32 Å². The third-order valence-electron chi connectivity index (χ3n) is 4.25. The zero-order valence-electron chi connectivity index (χ0n) is 14.2. The summed E-state index contributed by atoms with van der Waals surface area (Å²) in [4.78, 5) is 2.22. The van der Waals surface area contributed by atoms with Crippen molar-refractivity contribution in [3.63, 3.8) is 0 Å². The van der Waals surface area contributed by atoms with E-state index in [1.165, 1.54) is 4.31 Å². The Morgan fingerprint density at radius 3 is 2.48 bits per heavy atom. The Bertz CT molecular complexity index is 411. The van der Waals surface area contributed by atoms with E-state index in [4.69, 9.17) is 0 Å². The second-order valence-corrected chi connectivity index (χ2v) is 8.54. The van der Waals surface area contributed by atoms with E-state index in [-0.39, 0.29) is 5.54 Å². The van der Waals surface area contributed by atoms with Crippen molar-refractivity contribution in [3.8, 4) is 0 Å². The summed E-state index contributed by atoms with van der Waals surface area (Å²) in [5, 5.41) is 3.30. The smallest absolute Gasteiger partial charge is 0.281 e. The first-order valence-corrected chi connectivity index (χ1v) is 9.25. The Balaban J connectivity index is 2.52. The Morgan fingerprint density at radius 2 is 1.90 bits per heavy atom. The summed E-state index contributed by atoms with van der Waals surface area (Å²) in [5.74, 6) is 0. The molecule has 0 spiro atoms. The van der Waals surface area contributed by atoms with Crippen molar-refractivity contribution in [2.75, 3.05) is 53.4 Å². The van der Waals surface area contributed by atoms with Crippen molar-refractivity contribution in [1.82, 2.24) is 18.8 Å². The van der Waals surface area contributed by atoms with E-state index in [9.17, 15) is 8.42 Å². The van der Waals surface area contributed by atoms with Gasteiger partial charge >= 0.3 is 0 Å². The summed E-state index contributed by atoms with van der Waals surface area (Å²) >= 11 is 0. The van der Waals surface area contributed by atoms with Gasteiger partial charge in [-0.15, -0.1) is 0 Å². The number of hydrogen-bond acceptors (Lipinski definition) is 4. The van der Waals surface area contributed by atoms with E-state index in [0.717, 1.165) is 32.5 Å². The molecule has 0 amide bonds. The second kappa shape index (κ2) is 7.87. The molecule has 1 fully saturated rings. The van der Waals surface area contributed by atoms with E-state index < -0.39 is 10.2 Å². The molecule has 6 nitrogen and oxygen atoms in total. The molecule has 0 aromatic heterocycles. The second-order valence-electron chi connectivity index (χ2n) is 6.50. The predicted molar refractivity (Wildman–Crippen MR) is 87.6 cm³/mol. The summed E-state index contributed by atoms with van der Waals surface area (Å²) in [6.45, 7) is 10.6. The summed E-state index contributed by atoms with van der Waals surface area (Å²) in [6.07, 6.45) is 1.94. The number of piperazine rings is 1. The third-order valence-corrected chi connectivity index (χ3v) is 6.19. The molecular weight excluding hydrogens is 288 g/mol. The van der Waals surface area contributed by atoms with Crippen molar-refractivity contribution in [1.29, 1.82) is 0 Å². The highest BCUT2D eigenvalue weighted by Crippen LogP contribution is 2.22. The number of nitrogens with zero attached hydrogens (tertiary/aromatic N) is 3. The van der Waals surface area contributed by atoms with Crippen molar-refractivity contribution >= 4 is 10.2 Å². The molecule has 1 heterocycles. The predicted octanol–water partition coefficient (Wildman–Crippen LogP) is 0.579. The summed E-state index contributed by atoms with van der Waals surface area (Å²) in [7, 11) is 0.393. The zero-order chi connectivity index (χ0) is 16.1. The number of nitrogens with one attached hydrogen (secondary N) is 1. The Hall–Kier alpha value is -0.210. The zero-order valence-corrected chi connectivity index (χ0v) is 15.0. The lowest BCUT2D eigenvalue weighted by atomic mass is 10.0. The quantitative estimate of drug-likeness (QED) is 0.665. The molecule has 0 saturated carbocycles. The van der Waals surface area contributed by atoms with E-state index in [2.05, 4.69) is 31.0 Å². The van der Waals surface area contributed by atoms with E-state index in [1.807, 2.05) is 7.05 Å². The average Bonchev–Trinajstić information content (AvgIpc) is 2.41. The van der Waals surface area contributed by atoms with Crippen LogP contribution in [-0.2, 0) is 10.2 Å². The molecule has 0 aromatic rings. The van der Waals surface area contributed by atoms with Gasteiger partial charge in [0.15, 0.2) is 0 Å². The first kappa shape index (κ1) is 18.8. The van der Waals surface area contributed by atoms with Crippen molar-refractivity contribution < 1.29 is 8.42 Å². The molecule has 0 unspecified atom stereocenters. The van der Waals surface area contributed by atoms with Crippen LogP contribution in [0.25, 0.3) is 0 Å². The summed E-state index contributed by atoms with van der Waals surface area (Å²) < 4.78 is 28.3. The fraction of sp³-hybridized carbons (Fsp3) is 1.00. The third kappa shape index (κ3) is 5.17. The number of hydrogen-bond donors (Lipinski definition) is 1. The molecule has 1 aliphatic heterocycles. The van der Waals surface area contributed by atoms with Gasteiger partial charge in [-0.25, -0.2) is 0 Å². The van der Waals surface area contributed by atoms with Crippen molar-refractivity contribution in [2.24, 2.45) is 0 Å². The SMILES string of the molecule is CCCNCCCN(C)S(=O)(=O)N1CCN(C)C(C)(C)C1. The maximum atomic E-state index is 12.6. The monoisotopic (exact) mass is 320 g/mol. The average molecular weight is 321 g/mol. The molecule has 21 heavy (non-hydrogen) atoms. The largest absolute Gasteiger partial charge is 0.317 e. The lowest BCUT2D eigenvalue weighted by Crippen LogP contribution is -2.60. The molecule has 1 rings (SSSR count). The molecule has 0 bridgehead atoms. The molecule has 1 saturated heterocycles. The van der Waals surface area contributed by atoms with Gasteiger partial charge in [0.05, 0.1) is 0 Å². The maximum Gasteiger partial charge on any atom is 0.281 e. The molecule has 1 N–H and O–H groups in total. The molecule has 1 aliphatic rings. The first-order chi connectivity index (χ1) is 9.71. The van der Waals surface area contributed by atoms with Crippen LogP contribution in [0.4, 0.5) is 0 Å². The first-order valence-electron chi connectivity index (χ1n) is 7.85. The topological polar surface area (TPSA) is 55.9 Å². The molecule has 0 aliphatic carbocycles. The molecule has 0 atom stereocenters. The van der Waals surface area contributed by atoms with Gasteiger partial charge in [0.2, 0.25) is 0 Å². The minimum Gasteiger partial charge on any atom is -0.317 e. The number of likely N-dealkylation sites (N-methyl/N-ethyl adjacent to an activating group) is 1. The summed E-state index contributed by atoms with van der Waals surface area (Å²) in [5.41, 5.74) is -0.116. The van der Waals surface area contributed by atoms with Crippen LogP contribution in [0.15, 0.2) is 0 Å². The fourth-order valence-corrected chi connectivity index (χ4v) is 3.98. The van der Waals surface area contributed by atoms with E-state index >= 15 is 0 Å². The highest BCUT2D eigenvalue weighted by atomic mass is 32.2. The van der Waals surface area contributed by atoms with Gasteiger partial charge in [-0.3, -0.25) is 4.90 Å². The van der Waals surface area contributed by atoms with Crippen LogP contribution in [0.2, 0.25) is 0 Å². The minimum atomic E-state index is -3.34. The Labute approximate surface area is 130 Å². The van der Waals surface area contributed by atoms with E-state index in [0.29, 0.717) is 19.6 Å². The van der Waals surface area contributed by atoms with Crippen LogP contribution in [0.5, 0.6) is 0 Å². The van der Waals surface area contributed by atoms with Gasteiger partial charge in [-0.2, -0.15) is 17.0 Å². The van der Waals surface area contributed by atoms with Gasteiger partial charge in [0.1, 0.15) is 0 Å². The summed E-state index contributed by atoms with van der Waals surface area (Å²) in [6, 6.07) is 0. The molecule has 0 aromatic carbocycles. The van der Waals surface area contributed by atoms with Crippen LogP contribution in [0.1, 0.15) is 33.6 Å².